The predicted octanol–water partition coefficient (Wildman–Crippen LogP) is 4.88. The highest BCUT2D eigenvalue weighted by molar-refractivity contribution is 7.18. The predicted molar refractivity (Wildman–Crippen MR) is 111 cm³/mol. The molecule has 0 radical (unpaired) electrons. The molecule has 146 valence electrons. The fourth-order valence-electron chi connectivity index (χ4n) is 2.61. The van der Waals surface area contributed by atoms with E-state index in [1.807, 2.05) is 65.0 Å². The summed E-state index contributed by atoms with van der Waals surface area (Å²) >= 11 is 1.31. The van der Waals surface area contributed by atoms with Crippen molar-refractivity contribution >= 4 is 28.2 Å². The summed E-state index contributed by atoms with van der Waals surface area (Å²) < 4.78 is 5.42. The van der Waals surface area contributed by atoms with Crippen molar-refractivity contribution in [1.29, 1.82) is 0 Å². The van der Waals surface area contributed by atoms with E-state index in [0.717, 1.165) is 16.9 Å². The van der Waals surface area contributed by atoms with Crippen molar-refractivity contribution in [2.75, 3.05) is 19.5 Å². The Balaban J connectivity index is 2.23. The molecule has 6 heteroatoms. The molecular weight excluding hydrogens is 360 g/mol. The molecule has 0 saturated carbocycles. The number of carbonyl (C=O) groups is 2. The van der Waals surface area contributed by atoms with Gasteiger partial charge in [-0.3, -0.25) is 9.59 Å². The third kappa shape index (κ3) is 4.69. The summed E-state index contributed by atoms with van der Waals surface area (Å²) in [7, 11) is 3.41. The number of aryl methyl sites for hydroxylation is 1. The van der Waals surface area contributed by atoms with Crippen LogP contribution in [0.25, 0.3) is 0 Å². The van der Waals surface area contributed by atoms with E-state index < -0.39 is 5.41 Å². The number of para-hydroxylation sites is 1. The maximum atomic E-state index is 13.1. The van der Waals surface area contributed by atoms with Crippen LogP contribution in [0.15, 0.2) is 30.3 Å². The lowest BCUT2D eigenvalue weighted by Gasteiger charge is -2.26. The van der Waals surface area contributed by atoms with E-state index in [9.17, 15) is 9.59 Å². The molecule has 2 amide bonds. The smallest absolute Gasteiger partial charge is 0.264 e. The summed E-state index contributed by atoms with van der Waals surface area (Å²) in [6.07, 6.45) is 0. The van der Waals surface area contributed by atoms with Gasteiger partial charge >= 0.3 is 0 Å². The molecule has 1 aromatic carbocycles. The van der Waals surface area contributed by atoms with E-state index in [0.29, 0.717) is 9.88 Å². The molecule has 2 rings (SSSR count). The van der Waals surface area contributed by atoms with Gasteiger partial charge in [0.1, 0.15) is 5.75 Å². The second-order valence-corrected chi connectivity index (χ2v) is 8.71. The average Bonchev–Trinajstić information content (AvgIpc) is 2.99. The van der Waals surface area contributed by atoms with Crippen LogP contribution in [0.3, 0.4) is 0 Å². The van der Waals surface area contributed by atoms with Gasteiger partial charge in [0.05, 0.1) is 23.0 Å². The molecule has 0 saturated heterocycles. The minimum atomic E-state index is -0.489. The molecule has 0 fully saturated rings. The zero-order valence-corrected chi connectivity index (χ0v) is 17.9. The van der Waals surface area contributed by atoms with Crippen molar-refractivity contribution < 1.29 is 14.3 Å². The van der Waals surface area contributed by atoms with Crippen LogP contribution in [-0.2, 0) is 4.79 Å². The van der Waals surface area contributed by atoms with E-state index in [2.05, 4.69) is 5.32 Å². The number of nitrogens with zero attached hydrogens (tertiary/aromatic N) is 1. The number of methoxy groups -OCH3 is 1. The van der Waals surface area contributed by atoms with Gasteiger partial charge in [0.2, 0.25) is 5.91 Å². The van der Waals surface area contributed by atoms with Gasteiger partial charge in [-0.1, -0.05) is 39.0 Å². The van der Waals surface area contributed by atoms with Crippen molar-refractivity contribution in [1.82, 2.24) is 4.90 Å². The summed E-state index contributed by atoms with van der Waals surface area (Å²) in [6.45, 7) is 9.44. The summed E-state index contributed by atoms with van der Waals surface area (Å²) in [4.78, 5) is 27.6. The van der Waals surface area contributed by atoms with Crippen molar-refractivity contribution in [3.8, 4) is 5.75 Å². The van der Waals surface area contributed by atoms with Crippen LogP contribution in [0.1, 0.15) is 54.5 Å². The zero-order chi connectivity index (χ0) is 20.4. The molecule has 1 aromatic heterocycles. The lowest BCUT2D eigenvalue weighted by atomic mass is 9.96. The van der Waals surface area contributed by atoms with Gasteiger partial charge in [0.15, 0.2) is 0 Å². The number of benzene rings is 1. The van der Waals surface area contributed by atoms with E-state index in [1.165, 1.54) is 11.3 Å². The minimum Gasteiger partial charge on any atom is -0.496 e. The van der Waals surface area contributed by atoms with Crippen LogP contribution < -0.4 is 10.1 Å². The monoisotopic (exact) mass is 388 g/mol. The summed E-state index contributed by atoms with van der Waals surface area (Å²) in [5.41, 5.74) is 1.32. The van der Waals surface area contributed by atoms with Crippen LogP contribution in [-0.4, -0.2) is 30.9 Å². The second-order valence-electron chi connectivity index (χ2n) is 7.66. The van der Waals surface area contributed by atoms with Crippen molar-refractivity contribution in [3.63, 3.8) is 0 Å². The lowest BCUT2D eigenvalue weighted by molar-refractivity contribution is -0.123. The lowest BCUT2D eigenvalue weighted by Crippen LogP contribution is -2.29. The first kappa shape index (κ1) is 21.0. The number of thiophene rings is 1. The number of anilines is 1. The number of hydrogen-bond acceptors (Lipinski definition) is 4. The topological polar surface area (TPSA) is 58.6 Å². The van der Waals surface area contributed by atoms with Gasteiger partial charge in [-0.25, -0.2) is 0 Å². The van der Waals surface area contributed by atoms with Gasteiger partial charge in [0.25, 0.3) is 5.91 Å². The summed E-state index contributed by atoms with van der Waals surface area (Å²) in [5, 5.41) is 3.59. The summed E-state index contributed by atoms with van der Waals surface area (Å²) in [5.74, 6) is 0.608. The molecule has 1 atom stereocenters. The van der Waals surface area contributed by atoms with Gasteiger partial charge in [0, 0.05) is 18.0 Å². The molecule has 0 aliphatic heterocycles. The number of ether oxygens (including phenoxy) is 1. The van der Waals surface area contributed by atoms with Crippen molar-refractivity contribution in [2.24, 2.45) is 5.41 Å². The van der Waals surface area contributed by atoms with Gasteiger partial charge < -0.3 is 15.0 Å². The van der Waals surface area contributed by atoms with E-state index in [4.69, 9.17) is 4.74 Å². The minimum absolute atomic E-state index is 0.0708. The highest BCUT2D eigenvalue weighted by Crippen LogP contribution is 2.33. The van der Waals surface area contributed by atoms with E-state index in [-0.39, 0.29) is 17.9 Å². The normalized spacial score (nSPS) is 12.4. The Morgan fingerprint density at radius 2 is 1.85 bits per heavy atom. The van der Waals surface area contributed by atoms with E-state index >= 15 is 0 Å². The molecule has 0 bridgehead atoms. The quantitative estimate of drug-likeness (QED) is 0.794. The Labute approximate surface area is 165 Å². The second kappa shape index (κ2) is 8.13. The zero-order valence-electron chi connectivity index (χ0n) is 17.0. The van der Waals surface area contributed by atoms with Crippen LogP contribution in [0.2, 0.25) is 0 Å². The SMILES string of the molecule is COc1ccccc1[C@@H](C)N(C)C(=O)c1sc(NC(=O)C(C)(C)C)cc1C. The van der Waals surface area contributed by atoms with Gasteiger partial charge in [-0.15, -0.1) is 11.3 Å². The molecule has 1 heterocycles. The molecular formula is C21H28N2O3S. The Morgan fingerprint density at radius 1 is 1.22 bits per heavy atom. The number of rotatable bonds is 5. The fourth-order valence-corrected chi connectivity index (χ4v) is 3.66. The number of carbonyl (C=O) groups excluding carboxylic acids is 2. The van der Waals surface area contributed by atoms with Crippen molar-refractivity contribution in [2.45, 2.75) is 40.7 Å². The molecule has 0 aliphatic rings. The Hall–Kier alpha value is -2.34. The maximum Gasteiger partial charge on any atom is 0.264 e. The first-order chi connectivity index (χ1) is 12.6. The van der Waals surface area contributed by atoms with Gasteiger partial charge in [-0.05, 0) is 31.5 Å². The molecule has 5 nitrogen and oxygen atoms in total. The van der Waals surface area contributed by atoms with E-state index in [1.54, 1.807) is 19.1 Å². The number of nitrogens with one attached hydrogen (secondary N) is 1. The maximum absolute atomic E-state index is 13.1. The standard InChI is InChI=1S/C21H28N2O3S/c1-13-12-17(22-20(25)21(3,4)5)27-18(13)19(24)23(6)14(2)15-10-8-9-11-16(15)26-7/h8-12,14H,1-7H3,(H,22,25)/t14-/m1/s1. The van der Waals surface area contributed by atoms with Gasteiger partial charge in [-0.2, -0.15) is 0 Å². The summed E-state index contributed by atoms with van der Waals surface area (Å²) in [6, 6.07) is 9.39. The van der Waals surface area contributed by atoms with Crippen LogP contribution in [0.4, 0.5) is 5.00 Å². The molecule has 0 unspecified atom stereocenters. The van der Waals surface area contributed by atoms with Crippen molar-refractivity contribution in [3.05, 3.63) is 46.3 Å². The third-order valence-corrected chi connectivity index (χ3v) is 5.66. The number of amides is 2. The first-order valence-corrected chi connectivity index (χ1v) is 9.70. The van der Waals surface area contributed by atoms with Crippen LogP contribution >= 0.6 is 11.3 Å². The first-order valence-electron chi connectivity index (χ1n) is 8.88. The molecule has 2 aromatic rings. The average molecular weight is 389 g/mol. The highest BCUT2D eigenvalue weighted by Gasteiger charge is 2.26. The number of hydrogen-bond donors (Lipinski definition) is 1. The highest BCUT2D eigenvalue weighted by atomic mass is 32.1. The molecule has 0 aliphatic carbocycles. The Morgan fingerprint density at radius 3 is 2.44 bits per heavy atom. The molecule has 27 heavy (non-hydrogen) atoms. The van der Waals surface area contributed by atoms with Crippen LogP contribution in [0.5, 0.6) is 5.75 Å². The molecule has 0 spiro atoms. The third-order valence-electron chi connectivity index (χ3n) is 4.52. The molecule has 1 N–H and O–H groups in total. The fraction of sp³-hybridized carbons (Fsp3) is 0.429. The van der Waals surface area contributed by atoms with Crippen LogP contribution in [0, 0.1) is 12.3 Å². The largest absolute Gasteiger partial charge is 0.496 e. The Kier molecular flexibility index (Phi) is 6.31. The Bertz CT molecular complexity index is 836.